The van der Waals surface area contributed by atoms with Gasteiger partial charge in [0.2, 0.25) is 10.0 Å². The molecular weight excluding hydrogens is 363 g/mol. The van der Waals surface area contributed by atoms with E-state index in [1.807, 2.05) is 0 Å². The first-order chi connectivity index (χ1) is 10.9. The summed E-state index contributed by atoms with van der Waals surface area (Å²) < 4.78 is 37.4. The van der Waals surface area contributed by atoms with Gasteiger partial charge < -0.3 is 9.26 Å². The summed E-state index contributed by atoms with van der Waals surface area (Å²) in [6.07, 6.45) is 2.17. The second-order valence-corrected chi connectivity index (χ2v) is 7.79. The van der Waals surface area contributed by atoms with Gasteiger partial charge in [-0.2, -0.15) is 0 Å². The van der Waals surface area contributed by atoms with Crippen molar-refractivity contribution in [1.82, 2.24) is 9.88 Å². The molecule has 0 unspecified atom stereocenters. The fraction of sp³-hybridized carbons (Fsp3) is 0.357. The average Bonchev–Trinajstić information content (AvgIpc) is 3.26. The molecule has 2 aromatic rings. The summed E-state index contributed by atoms with van der Waals surface area (Å²) in [4.78, 5) is -0.115. The Hall–Kier alpha value is -1.28. The Labute approximate surface area is 143 Å². The van der Waals surface area contributed by atoms with E-state index in [-0.39, 0.29) is 21.5 Å². The highest BCUT2D eigenvalue weighted by Crippen LogP contribution is 2.40. The summed E-state index contributed by atoms with van der Waals surface area (Å²) in [5, 5.41) is 4.05. The third-order valence-electron chi connectivity index (χ3n) is 3.50. The monoisotopic (exact) mass is 376 g/mol. The van der Waals surface area contributed by atoms with Gasteiger partial charge in [-0.15, -0.1) is 0 Å². The van der Waals surface area contributed by atoms with Crippen molar-refractivity contribution in [1.29, 1.82) is 0 Å². The quantitative estimate of drug-likeness (QED) is 0.835. The zero-order chi connectivity index (χ0) is 16.6. The van der Waals surface area contributed by atoms with E-state index in [0.29, 0.717) is 17.4 Å². The lowest BCUT2D eigenvalue weighted by atomic mass is 10.3. The molecule has 1 saturated carbocycles. The van der Waals surface area contributed by atoms with Crippen LogP contribution in [-0.2, 0) is 16.6 Å². The Kier molecular flexibility index (Phi) is 4.55. The fourth-order valence-corrected chi connectivity index (χ4v) is 3.94. The van der Waals surface area contributed by atoms with E-state index in [1.165, 1.54) is 19.2 Å². The standard InChI is InChI=1S/C14H14Cl2N2O4S/c1-21-13-5-11(16)14(6-10(13)15)23(19,20)17-7-9-4-12(22-18-9)8-2-3-8/h4-6,8,17H,2-3,7H2,1H3. The molecular formula is C14H14Cl2N2O4S. The second-order valence-electron chi connectivity index (χ2n) is 5.24. The van der Waals surface area contributed by atoms with Crippen LogP contribution in [0.25, 0.3) is 0 Å². The Morgan fingerprint density at radius 1 is 1.30 bits per heavy atom. The highest BCUT2D eigenvalue weighted by Gasteiger charge is 2.28. The van der Waals surface area contributed by atoms with Crippen molar-refractivity contribution in [2.75, 3.05) is 7.11 Å². The van der Waals surface area contributed by atoms with Crippen molar-refractivity contribution in [3.8, 4) is 5.75 Å². The number of nitrogens with zero attached hydrogens (tertiary/aromatic N) is 1. The molecule has 0 bridgehead atoms. The van der Waals surface area contributed by atoms with Gasteiger partial charge in [-0.25, -0.2) is 13.1 Å². The minimum atomic E-state index is -3.84. The van der Waals surface area contributed by atoms with Crippen molar-refractivity contribution in [3.63, 3.8) is 0 Å². The maximum atomic E-state index is 12.4. The highest BCUT2D eigenvalue weighted by molar-refractivity contribution is 7.89. The van der Waals surface area contributed by atoms with Crippen LogP contribution in [0.15, 0.2) is 27.6 Å². The van der Waals surface area contributed by atoms with Crippen molar-refractivity contribution in [2.45, 2.75) is 30.2 Å². The Morgan fingerprint density at radius 3 is 2.70 bits per heavy atom. The van der Waals surface area contributed by atoms with Gasteiger partial charge in [0.05, 0.1) is 29.4 Å². The Bertz CT molecular complexity index is 831. The van der Waals surface area contributed by atoms with Crippen molar-refractivity contribution in [3.05, 3.63) is 39.7 Å². The molecule has 1 N–H and O–H groups in total. The molecule has 0 radical (unpaired) electrons. The SMILES string of the molecule is COc1cc(Cl)c(S(=O)(=O)NCc2cc(C3CC3)on2)cc1Cl. The lowest BCUT2D eigenvalue weighted by Crippen LogP contribution is -2.23. The molecule has 23 heavy (non-hydrogen) atoms. The summed E-state index contributed by atoms with van der Waals surface area (Å²) in [5.41, 5.74) is 0.520. The van der Waals surface area contributed by atoms with Gasteiger partial charge in [0.15, 0.2) is 0 Å². The maximum absolute atomic E-state index is 12.4. The van der Waals surface area contributed by atoms with Crippen LogP contribution >= 0.6 is 23.2 Å². The summed E-state index contributed by atoms with van der Waals surface area (Å²) in [5.74, 6) is 1.52. The first-order valence-electron chi connectivity index (χ1n) is 6.89. The molecule has 3 rings (SSSR count). The molecule has 1 aliphatic carbocycles. The average molecular weight is 377 g/mol. The lowest BCUT2D eigenvalue weighted by molar-refractivity contribution is 0.377. The molecule has 0 saturated heterocycles. The summed E-state index contributed by atoms with van der Waals surface area (Å²) in [7, 11) is -2.41. The van der Waals surface area contributed by atoms with E-state index in [9.17, 15) is 8.42 Å². The zero-order valence-corrected chi connectivity index (χ0v) is 14.5. The third-order valence-corrected chi connectivity index (χ3v) is 5.66. The first kappa shape index (κ1) is 16.6. The molecule has 1 aromatic carbocycles. The van der Waals surface area contributed by atoms with Gasteiger partial charge in [0.1, 0.15) is 16.4 Å². The molecule has 124 valence electrons. The minimum Gasteiger partial charge on any atom is -0.495 e. The molecule has 0 amide bonds. The molecule has 0 spiro atoms. The molecule has 1 fully saturated rings. The Morgan fingerprint density at radius 2 is 2.04 bits per heavy atom. The van der Waals surface area contributed by atoms with Crippen LogP contribution in [0.4, 0.5) is 0 Å². The van der Waals surface area contributed by atoms with E-state index in [0.717, 1.165) is 18.6 Å². The number of sulfonamides is 1. The van der Waals surface area contributed by atoms with Crippen LogP contribution in [0.1, 0.15) is 30.2 Å². The predicted octanol–water partition coefficient (Wildman–Crippen LogP) is 3.35. The Balaban J connectivity index is 1.76. The summed E-state index contributed by atoms with van der Waals surface area (Å²) in [6.45, 7) is 0.0124. The van der Waals surface area contributed by atoms with E-state index >= 15 is 0 Å². The molecule has 9 heteroatoms. The lowest BCUT2D eigenvalue weighted by Gasteiger charge is -2.10. The molecule has 0 atom stereocenters. The van der Waals surface area contributed by atoms with E-state index in [2.05, 4.69) is 9.88 Å². The fourth-order valence-electron chi connectivity index (χ4n) is 2.09. The van der Waals surface area contributed by atoms with E-state index in [1.54, 1.807) is 6.07 Å². The van der Waals surface area contributed by atoms with Crippen LogP contribution in [-0.4, -0.2) is 20.7 Å². The predicted molar refractivity (Wildman–Crippen MR) is 85.5 cm³/mol. The van der Waals surface area contributed by atoms with Gasteiger partial charge in [-0.1, -0.05) is 28.4 Å². The number of aromatic nitrogens is 1. The largest absolute Gasteiger partial charge is 0.495 e. The number of halogens is 2. The summed E-state index contributed by atoms with van der Waals surface area (Å²) in [6, 6.07) is 4.38. The maximum Gasteiger partial charge on any atom is 0.242 e. The number of methoxy groups -OCH3 is 1. The number of rotatable bonds is 6. The van der Waals surface area contributed by atoms with Gasteiger partial charge in [-0.3, -0.25) is 0 Å². The van der Waals surface area contributed by atoms with E-state index in [4.69, 9.17) is 32.5 Å². The van der Waals surface area contributed by atoms with Gasteiger partial charge in [0, 0.05) is 18.1 Å². The van der Waals surface area contributed by atoms with Gasteiger partial charge in [0.25, 0.3) is 0 Å². The van der Waals surface area contributed by atoms with Crippen molar-refractivity contribution < 1.29 is 17.7 Å². The minimum absolute atomic E-state index is 0.0124. The van der Waals surface area contributed by atoms with Crippen LogP contribution in [0, 0.1) is 0 Å². The van der Waals surface area contributed by atoms with Crippen molar-refractivity contribution >= 4 is 33.2 Å². The number of nitrogens with one attached hydrogen (secondary N) is 1. The molecule has 0 aliphatic heterocycles. The molecule has 1 heterocycles. The molecule has 1 aromatic heterocycles. The van der Waals surface area contributed by atoms with E-state index < -0.39 is 10.0 Å². The number of hydrogen-bond donors (Lipinski definition) is 1. The van der Waals surface area contributed by atoms with Crippen LogP contribution in [0.3, 0.4) is 0 Å². The van der Waals surface area contributed by atoms with Gasteiger partial charge >= 0.3 is 0 Å². The third kappa shape index (κ3) is 3.63. The first-order valence-corrected chi connectivity index (χ1v) is 9.13. The van der Waals surface area contributed by atoms with Gasteiger partial charge in [-0.05, 0) is 18.9 Å². The molecule has 1 aliphatic rings. The highest BCUT2D eigenvalue weighted by atomic mass is 35.5. The van der Waals surface area contributed by atoms with Crippen LogP contribution in [0.5, 0.6) is 5.75 Å². The summed E-state index contributed by atoms with van der Waals surface area (Å²) >= 11 is 12.0. The molecule has 6 nitrogen and oxygen atoms in total. The normalized spacial score (nSPS) is 14.9. The van der Waals surface area contributed by atoms with Crippen molar-refractivity contribution in [2.24, 2.45) is 0 Å². The van der Waals surface area contributed by atoms with Crippen LogP contribution < -0.4 is 9.46 Å². The smallest absolute Gasteiger partial charge is 0.242 e. The number of hydrogen-bond acceptors (Lipinski definition) is 5. The number of benzene rings is 1. The second kappa shape index (κ2) is 6.32. The van der Waals surface area contributed by atoms with Crippen LogP contribution in [0.2, 0.25) is 10.0 Å². The topological polar surface area (TPSA) is 81.4 Å². The number of ether oxygens (including phenoxy) is 1. The zero-order valence-electron chi connectivity index (χ0n) is 12.2.